The molecule has 0 saturated carbocycles. The first-order valence-electron chi connectivity index (χ1n) is 6.76. The van der Waals surface area contributed by atoms with Gasteiger partial charge in [-0.25, -0.2) is 0 Å². The van der Waals surface area contributed by atoms with Crippen LogP contribution in [0.15, 0.2) is 40.9 Å². The Morgan fingerprint density at radius 2 is 1.90 bits per heavy atom. The first-order chi connectivity index (χ1) is 9.84. The molecule has 0 saturated heterocycles. The third-order valence-electron chi connectivity index (χ3n) is 3.56. The van der Waals surface area contributed by atoms with Crippen molar-refractivity contribution in [2.75, 3.05) is 0 Å². The normalized spacial score (nSPS) is 17.2. The summed E-state index contributed by atoms with van der Waals surface area (Å²) in [6, 6.07) is 11.9. The Morgan fingerprint density at radius 3 is 2.62 bits per heavy atom. The van der Waals surface area contributed by atoms with Crippen LogP contribution in [0.25, 0.3) is 0 Å². The van der Waals surface area contributed by atoms with Crippen molar-refractivity contribution in [2.45, 2.75) is 31.2 Å². The lowest BCUT2D eigenvalue weighted by Gasteiger charge is -2.16. The molecule has 4 heteroatoms. The minimum absolute atomic E-state index is 0.137. The van der Waals surface area contributed by atoms with E-state index in [9.17, 15) is 0 Å². The quantitative estimate of drug-likeness (QED) is 0.563. The highest BCUT2D eigenvalue weighted by Gasteiger charge is 2.30. The summed E-state index contributed by atoms with van der Waals surface area (Å²) in [6.45, 7) is 4.19. The number of benzene rings is 2. The highest BCUT2D eigenvalue weighted by molar-refractivity contribution is 9.10. The van der Waals surface area contributed by atoms with Crippen molar-refractivity contribution < 1.29 is 4.74 Å². The van der Waals surface area contributed by atoms with Gasteiger partial charge in [0.05, 0.1) is 5.38 Å². The number of fused-ring (bicyclic) bond motifs is 1. The van der Waals surface area contributed by atoms with Crippen molar-refractivity contribution in [3.8, 4) is 5.75 Å². The number of alkyl halides is 1. The molecule has 1 nitrogen and oxygen atoms in total. The van der Waals surface area contributed by atoms with Gasteiger partial charge in [-0.15, -0.1) is 11.6 Å². The number of ether oxygens (including phenoxy) is 1. The SMILES string of the molecule is CC1(C)Cc2cc(C(Cl)c3cc(Cl)cc(Br)c3)ccc2O1. The molecule has 3 rings (SSSR count). The summed E-state index contributed by atoms with van der Waals surface area (Å²) in [4.78, 5) is 0. The summed E-state index contributed by atoms with van der Waals surface area (Å²) in [6.07, 6.45) is 0.902. The molecule has 1 atom stereocenters. The molecule has 0 spiro atoms. The number of rotatable bonds is 2. The predicted molar refractivity (Wildman–Crippen MR) is 91.7 cm³/mol. The van der Waals surface area contributed by atoms with Gasteiger partial charge in [0, 0.05) is 15.9 Å². The summed E-state index contributed by atoms with van der Waals surface area (Å²) in [5.74, 6) is 0.958. The zero-order chi connectivity index (χ0) is 15.2. The molecule has 1 aliphatic heterocycles. The maximum atomic E-state index is 6.63. The van der Waals surface area contributed by atoms with E-state index in [0.29, 0.717) is 5.02 Å². The number of hydrogen-bond donors (Lipinski definition) is 0. The number of halogens is 3. The summed E-state index contributed by atoms with van der Waals surface area (Å²) in [7, 11) is 0. The predicted octanol–water partition coefficient (Wildman–Crippen LogP) is 6.14. The first kappa shape index (κ1) is 15.2. The Hall–Kier alpha value is -0.700. The fraction of sp³-hybridized carbons (Fsp3) is 0.294. The number of hydrogen-bond acceptors (Lipinski definition) is 1. The second-order valence-electron chi connectivity index (χ2n) is 5.97. The lowest BCUT2D eigenvalue weighted by Crippen LogP contribution is -2.24. The van der Waals surface area contributed by atoms with Crippen molar-refractivity contribution in [3.63, 3.8) is 0 Å². The molecule has 110 valence electrons. The van der Waals surface area contributed by atoms with E-state index in [1.165, 1.54) is 5.56 Å². The molecule has 2 aromatic carbocycles. The van der Waals surface area contributed by atoms with Crippen LogP contribution < -0.4 is 4.74 Å². The second kappa shape index (κ2) is 5.49. The van der Waals surface area contributed by atoms with Gasteiger partial charge in [-0.05, 0) is 54.8 Å². The van der Waals surface area contributed by atoms with E-state index in [1.54, 1.807) is 0 Å². The zero-order valence-electron chi connectivity index (χ0n) is 11.8. The van der Waals surface area contributed by atoms with Gasteiger partial charge in [0.2, 0.25) is 0 Å². The second-order valence-corrected chi connectivity index (χ2v) is 7.76. The van der Waals surface area contributed by atoms with Crippen molar-refractivity contribution in [2.24, 2.45) is 0 Å². The van der Waals surface area contributed by atoms with Crippen LogP contribution in [0.4, 0.5) is 0 Å². The van der Waals surface area contributed by atoms with Gasteiger partial charge in [-0.3, -0.25) is 0 Å². The van der Waals surface area contributed by atoms with Crippen molar-refractivity contribution >= 4 is 39.1 Å². The van der Waals surface area contributed by atoms with E-state index < -0.39 is 0 Å². The molecule has 0 bridgehead atoms. The Balaban J connectivity index is 1.95. The molecular formula is C17H15BrCl2O. The lowest BCUT2D eigenvalue weighted by atomic mass is 9.97. The van der Waals surface area contributed by atoms with Crippen molar-refractivity contribution in [1.29, 1.82) is 0 Å². The van der Waals surface area contributed by atoms with Crippen LogP contribution in [0.1, 0.15) is 35.9 Å². The highest BCUT2D eigenvalue weighted by Crippen LogP contribution is 2.39. The van der Waals surface area contributed by atoms with Crippen LogP contribution in [-0.4, -0.2) is 5.60 Å². The lowest BCUT2D eigenvalue weighted by molar-refractivity contribution is 0.138. The van der Waals surface area contributed by atoms with Gasteiger partial charge in [0.15, 0.2) is 0 Å². The van der Waals surface area contributed by atoms with Crippen molar-refractivity contribution in [1.82, 2.24) is 0 Å². The van der Waals surface area contributed by atoms with Crippen LogP contribution in [0, 0.1) is 0 Å². The average molecular weight is 386 g/mol. The molecular weight excluding hydrogens is 371 g/mol. The highest BCUT2D eigenvalue weighted by atomic mass is 79.9. The minimum Gasteiger partial charge on any atom is -0.487 e. The van der Waals surface area contributed by atoms with E-state index >= 15 is 0 Å². The molecule has 0 amide bonds. The monoisotopic (exact) mass is 384 g/mol. The third-order valence-corrected chi connectivity index (χ3v) is 4.74. The molecule has 0 N–H and O–H groups in total. The molecule has 2 aromatic rings. The molecule has 1 heterocycles. The molecule has 0 radical (unpaired) electrons. The molecule has 21 heavy (non-hydrogen) atoms. The molecule has 1 unspecified atom stereocenters. The molecule has 0 fully saturated rings. The summed E-state index contributed by atoms with van der Waals surface area (Å²) < 4.78 is 6.83. The Kier molecular flexibility index (Phi) is 3.98. The first-order valence-corrected chi connectivity index (χ1v) is 8.37. The standard InChI is InChI=1S/C17H15BrCl2O/c1-17(2)9-12-5-10(3-4-15(12)21-17)16(20)11-6-13(18)8-14(19)7-11/h3-8,16H,9H2,1-2H3. The van der Waals surface area contributed by atoms with Crippen LogP contribution >= 0.6 is 39.1 Å². The Bertz CT molecular complexity index is 677. The van der Waals surface area contributed by atoms with E-state index in [-0.39, 0.29) is 11.0 Å². The van der Waals surface area contributed by atoms with E-state index in [0.717, 1.165) is 27.8 Å². The summed E-state index contributed by atoms with van der Waals surface area (Å²) in [5.41, 5.74) is 3.12. The largest absolute Gasteiger partial charge is 0.487 e. The summed E-state index contributed by atoms with van der Waals surface area (Å²) >= 11 is 16.2. The summed E-state index contributed by atoms with van der Waals surface area (Å²) in [5, 5.41) is 0.449. The minimum atomic E-state index is -0.228. The maximum absolute atomic E-state index is 6.63. The molecule has 0 aliphatic carbocycles. The van der Waals surface area contributed by atoms with Crippen LogP contribution in [0.3, 0.4) is 0 Å². The Labute approximate surface area is 143 Å². The third kappa shape index (κ3) is 3.23. The molecule has 1 aliphatic rings. The van der Waals surface area contributed by atoms with Gasteiger partial charge in [0.25, 0.3) is 0 Å². The van der Waals surface area contributed by atoms with Gasteiger partial charge < -0.3 is 4.74 Å². The maximum Gasteiger partial charge on any atom is 0.123 e. The van der Waals surface area contributed by atoms with Gasteiger partial charge >= 0.3 is 0 Å². The van der Waals surface area contributed by atoms with E-state index in [1.807, 2.05) is 30.3 Å². The van der Waals surface area contributed by atoms with Gasteiger partial charge in [-0.2, -0.15) is 0 Å². The van der Waals surface area contributed by atoms with E-state index in [4.69, 9.17) is 27.9 Å². The zero-order valence-corrected chi connectivity index (χ0v) is 14.9. The van der Waals surface area contributed by atoms with E-state index in [2.05, 4.69) is 35.8 Å². The smallest absolute Gasteiger partial charge is 0.123 e. The van der Waals surface area contributed by atoms with Gasteiger partial charge in [0.1, 0.15) is 11.4 Å². The van der Waals surface area contributed by atoms with Gasteiger partial charge in [-0.1, -0.05) is 39.7 Å². The van der Waals surface area contributed by atoms with Crippen LogP contribution in [0.5, 0.6) is 5.75 Å². The van der Waals surface area contributed by atoms with Crippen molar-refractivity contribution in [3.05, 3.63) is 62.6 Å². The van der Waals surface area contributed by atoms with Crippen LogP contribution in [-0.2, 0) is 6.42 Å². The fourth-order valence-electron chi connectivity index (χ4n) is 2.70. The average Bonchev–Trinajstić information content (AvgIpc) is 2.69. The Morgan fingerprint density at radius 1 is 1.14 bits per heavy atom. The fourth-order valence-corrected chi connectivity index (χ4v) is 3.85. The van der Waals surface area contributed by atoms with Crippen LogP contribution in [0.2, 0.25) is 5.02 Å². The molecule has 0 aromatic heterocycles. The topological polar surface area (TPSA) is 9.23 Å².